The van der Waals surface area contributed by atoms with E-state index in [1.54, 1.807) is 0 Å². The second-order valence-electron chi connectivity index (χ2n) is 5.18. The Hall–Kier alpha value is -2.02. The first-order valence-corrected chi connectivity index (χ1v) is 5.91. The molecule has 4 heteroatoms. The zero-order chi connectivity index (χ0) is 13.6. The molecule has 0 aliphatic heterocycles. The first kappa shape index (κ1) is 14.0. The van der Waals surface area contributed by atoms with Gasteiger partial charge in [0.25, 0.3) is 0 Å². The second kappa shape index (κ2) is 6.06. The predicted molar refractivity (Wildman–Crippen MR) is 72.1 cm³/mol. The van der Waals surface area contributed by atoms with E-state index >= 15 is 0 Å². The summed E-state index contributed by atoms with van der Waals surface area (Å²) in [6.45, 7) is 6.08. The van der Waals surface area contributed by atoms with Gasteiger partial charge in [-0.25, -0.2) is 0 Å². The number of hydrogen-bond donors (Lipinski definition) is 2. The Kier molecular flexibility index (Phi) is 4.73. The topological polar surface area (TPSA) is 64.9 Å². The maximum atomic E-state index is 11.6. The summed E-state index contributed by atoms with van der Waals surface area (Å²) in [5.41, 5.74) is 1.64. The minimum Gasteiger partial charge on any atom is -0.376 e. The van der Waals surface area contributed by atoms with Crippen molar-refractivity contribution in [2.24, 2.45) is 0 Å². The standard InChI is InChI=1S/C14H19N3O/c1-14(2,3)17-13(18)10-16-12-6-4-11(5-7-12)8-9-15/h4-7,16H,8,10H2,1-3H3,(H,17,18). The predicted octanol–water partition coefficient (Wildman–Crippen LogP) is 2.08. The molecule has 0 aromatic heterocycles. The lowest BCUT2D eigenvalue weighted by atomic mass is 10.1. The third-order valence-electron chi connectivity index (χ3n) is 2.20. The summed E-state index contributed by atoms with van der Waals surface area (Å²) in [5.74, 6) is -0.0383. The van der Waals surface area contributed by atoms with Gasteiger partial charge < -0.3 is 10.6 Å². The average Bonchev–Trinajstić information content (AvgIpc) is 2.26. The maximum absolute atomic E-state index is 11.6. The number of nitrogens with zero attached hydrogens (tertiary/aromatic N) is 1. The molecule has 18 heavy (non-hydrogen) atoms. The third kappa shape index (κ3) is 5.35. The smallest absolute Gasteiger partial charge is 0.239 e. The first-order valence-electron chi connectivity index (χ1n) is 5.91. The van der Waals surface area contributed by atoms with Crippen molar-refractivity contribution in [2.45, 2.75) is 32.7 Å². The zero-order valence-electron chi connectivity index (χ0n) is 11.1. The quantitative estimate of drug-likeness (QED) is 0.853. The fourth-order valence-corrected chi connectivity index (χ4v) is 1.48. The van der Waals surface area contributed by atoms with Gasteiger partial charge in [-0.05, 0) is 38.5 Å². The summed E-state index contributed by atoms with van der Waals surface area (Å²) in [7, 11) is 0. The first-order chi connectivity index (χ1) is 8.40. The average molecular weight is 245 g/mol. The van der Waals surface area contributed by atoms with Crippen molar-refractivity contribution >= 4 is 11.6 Å². The molecule has 0 aliphatic rings. The fraction of sp³-hybridized carbons (Fsp3) is 0.429. The number of amides is 1. The van der Waals surface area contributed by atoms with E-state index < -0.39 is 0 Å². The molecule has 0 spiro atoms. The molecule has 0 heterocycles. The maximum Gasteiger partial charge on any atom is 0.239 e. The molecule has 1 rings (SSSR count). The van der Waals surface area contributed by atoms with Gasteiger partial charge in [0.2, 0.25) is 5.91 Å². The molecule has 96 valence electrons. The summed E-state index contributed by atoms with van der Waals surface area (Å²) in [6.07, 6.45) is 0.408. The van der Waals surface area contributed by atoms with Crippen LogP contribution in [0.3, 0.4) is 0 Å². The second-order valence-corrected chi connectivity index (χ2v) is 5.18. The molecule has 0 atom stereocenters. The Bertz CT molecular complexity index is 438. The SMILES string of the molecule is CC(C)(C)NC(=O)CNc1ccc(CC#N)cc1. The molecule has 0 bridgehead atoms. The Labute approximate surface area is 108 Å². The van der Waals surface area contributed by atoms with Gasteiger partial charge in [0.15, 0.2) is 0 Å². The van der Waals surface area contributed by atoms with Crippen molar-refractivity contribution in [3.63, 3.8) is 0 Å². The Morgan fingerprint density at radius 3 is 2.39 bits per heavy atom. The molecule has 0 saturated carbocycles. The molecular weight excluding hydrogens is 226 g/mol. The summed E-state index contributed by atoms with van der Waals surface area (Å²) >= 11 is 0. The van der Waals surface area contributed by atoms with Crippen LogP contribution in [-0.2, 0) is 11.2 Å². The third-order valence-corrected chi connectivity index (χ3v) is 2.20. The van der Waals surface area contributed by atoms with Crippen LogP contribution < -0.4 is 10.6 Å². The number of hydrogen-bond acceptors (Lipinski definition) is 3. The molecule has 0 fully saturated rings. The molecule has 1 aromatic rings. The highest BCUT2D eigenvalue weighted by Gasteiger charge is 2.12. The number of carbonyl (C=O) groups is 1. The number of benzene rings is 1. The highest BCUT2D eigenvalue weighted by atomic mass is 16.2. The molecule has 0 aliphatic carbocycles. The molecule has 4 nitrogen and oxygen atoms in total. The van der Waals surface area contributed by atoms with E-state index in [-0.39, 0.29) is 18.0 Å². The van der Waals surface area contributed by atoms with Crippen LogP contribution >= 0.6 is 0 Å². The number of nitriles is 1. The lowest BCUT2D eigenvalue weighted by Gasteiger charge is -2.20. The number of nitrogens with one attached hydrogen (secondary N) is 2. The van der Waals surface area contributed by atoms with Gasteiger partial charge >= 0.3 is 0 Å². The van der Waals surface area contributed by atoms with Crippen LogP contribution in [0.4, 0.5) is 5.69 Å². The van der Waals surface area contributed by atoms with E-state index in [2.05, 4.69) is 16.7 Å². The van der Waals surface area contributed by atoms with Crippen molar-refractivity contribution in [1.82, 2.24) is 5.32 Å². The van der Waals surface area contributed by atoms with E-state index in [4.69, 9.17) is 5.26 Å². The highest BCUT2D eigenvalue weighted by Crippen LogP contribution is 2.09. The lowest BCUT2D eigenvalue weighted by Crippen LogP contribution is -2.43. The van der Waals surface area contributed by atoms with Gasteiger partial charge in [-0.3, -0.25) is 4.79 Å². The normalized spacial score (nSPS) is 10.6. The van der Waals surface area contributed by atoms with Crippen LogP contribution in [0.2, 0.25) is 0 Å². The number of rotatable bonds is 4. The monoisotopic (exact) mass is 245 g/mol. The van der Waals surface area contributed by atoms with Crippen molar-refractivity contribution < 1.29 is 4.79 Å². The van der Waals surface area contributed by atoms with Gasteiger partial charge in [-0.15, -0.1) is 0 Å². The van der Waals surface area contributed by atoms with Crippen molar-refractivity contribution in [3.05, 3.63) is 29.8 Å². The van der Waals surface area contributed by atoms with E-state index in [1.807, 2.05) is 45.0 Å². The van der Waals surface area contributed by atoms with Crippen molar-refractivity contribution in [2.75, 3.05) is 11.9 Å². The van der Waals surface area contributed by atoms with Crippen LogP contribution in [0.1, 0.15) is 26.3 Å². The van der Waals surface area contributed by atoms with Crippen LogP contribution in [0.25, 0.3) is 0 Å². The highest BCUT2D eigenvalue weighted by molar-refractivity contribution is 5.81. The Morgan fingerprint density at radius 1 is 1.28 bits per heavy atom. The molecule has 0 radical (unpaired) electrons. The van der Waals surface area contributed by atoms with Gasteiger partial charge in [0.05, 0.1) is 19.0 Å². The molecule has 0 unspecified atom stereocenters. The Morgan fingerprint density at radius 2 is 1.89 bits per heavy atom. The Balaban J connectivity index is 2.44. The zero-order valence-corrected chi connectivity index (χ0v) is 11.1. The van der Waals surface area contributed by atoms with E-state index in [0.29, 0.717) is 6.42 Å². The summed E-state index contributed by atoms with van der Waals surface area (Å²) in [5, 5.41) is 14.5. The fourth-order valence-electron chi connectivity index (χ4n) is 1.48. The number of carbonyl (C=O) groups excluding carboxylic acids is 1. The van der Waals surface area contributed by atoms with Gasteiger partial charge in [0, 0.05) is 11.2 Å². The molecular formula is C14H19N3O. The molecule has 0 saturated heterocycles. The van der Waals surface area contributed by atoms with E-state index in [0.717, 1.165) is 11.3 Å². The summed E-state index contributed by atoms with van der Waals surface area (Å²) in [4.78, 5) is 11.6. The largest absolute Gasteiger partial charge is 0.376 e. The van der Waals surface area contributed by atoms with E-state index in [9.17, 15) is 4.79 Å². The van der Waals surface area contributed by atoms with Crippen molar-refractivity contribution in [1.29, 1.82) is 5.26 Å². The van der Waals surface area contributed by atoms with Gasteiger partial charge in [0.1, 0.15) is 0 Å². The minimum absolute atomic E-state index is 0.0383. The van der Waals surface area contributed by atoms with Crippen LogP contribution in [-0.4, -0.2) is 18.0 Å². The van der Waals surface area contributed by atoms with Crippen LogP contribution in [0.15, 0.2) is 24.3 Å². The molecule has 1 aromatic carbocycles. The van der Waals surface area contributed by atoms with Crippen LogP contribution in [0, 0.1) is 11.3 Å². The molecule has 2 N–H and O–H groups in total. The summed E-state index contributed by atoms with van der Waals surface area (Å²) in [6, 6.07) is 9.60. The van der Waals surface area contributed by atoms with Gasteiger partial charge in [-0.1, -0.05) is 12.1 Å². The molecule has 1 amide bonds. The van der Waals surface area contributed by atoms with Gasteiger partial charge in [-0.2, -0.15) is 5.26 Å². The minimum atomic E-state index is -0.213. The van der Waals surface area contributed by atoms with E-state index in [1.165, 1.54) is 0 Å². The van der Waals surface area contributed by atoms with Crippen LogP contribution in [0.5, 0.6) is 0 Å². The number of anilines is 1. The summed E-state index contributed by atoms with van der Waals surface area (Å²) < 4.78 is 0. The van der Waals surface area contributed by atoms with Crippen molar-refractivity contribution in [3.8, 4) is 6.07 Å². The lowest BCUT2D eigenvalue weighted by molar-refractivity contribution is -0.120.